The Labute approximate surface area is 176 Å². The van der Waals surface area contributed by atoms with Gasteiger partial charge >= 0.3 is 0 Å². The van der Waals surface area contributed by atoms with Gasteiger partial charge in [-0.25, -0.2) is 4.39 Å². The molecule has 0 bridgehead atoms. The predicted molar refractivity (Wildman–Crippen MR) is 110 cm³/mol. The summed E-state index contributed by atoms with van der Waals surface area (Å²) in [6.45, 7) is 0.829. The van der Waals surface area contributed by atoms with Gasteiger partial charge in [-0.3, -0.25) is 14.6 Å². The zero-order valence-corrected chi connectivity index (χ0v) is 17.0. The number of amides is 2. The van der Waals surface area contributed by atoms with Gasteiger partial charge in [0.05, 0.1) is 27.6 Å². The van der Waals surface area contributed by atoms with E-state index < -0.39 is 11.9 Å². The number of nitrogens with one attached hydrogen (secondary N) is 1. The third-order valence-electron chi connectivity index (χ3n) is 4.90. The first-order valence-electron chi connectivity index (χ1n) is 9.47. The Balaban J connectivity index is 1.58. The van der Waals surface area contributed by atoms with Crippen molar-refractivity contribution in [3.63, 3.8) is 0 Å². The zero-order valence-electron chi connectivity index (χ0n) is 16.2. The number of rotatable bonds is 5. The van der Waals surface area contributed by atoms with E-state index in [1.807, 2.05) is 0 Å². The SMILES string of the molecule is CNC(=O)Cc1ccc(Oc2ccnc3cc(C(=O)N4CC[C@@H](O)C4)sc23)c(F)c1. The summed E-state index contributed by atoms with van der Waals surface area (Å²) < 4.78 is 20.9. The number of halogens is 1. The molecule has 2 aromatic heterocycles. The molecule has 7 nitrogen and oxygen atoms in total. The van der Waals surface area contributed by atoms with Crippen LogP contribution < -0.4 is 10.1 Å². The number of likely N-dealkylation sites (tertiary alicyclic amines) is 1. The molecule has 0 saturated carbocycles. The Morgan fingerprint density at radius 2 is 2.17 bits per heavy atom. The lowest BCUT2D eigenvalue weighted by molar-refractivity contribution is -0.119. The lowest BCUT2D eigenvalue weighted by Crippen LogP contribution is -2.28. The molecule has 4 rings (SSSR count). The number of ether oxygens (including phenoxy) is 1. The first-order chi connectivity index (χ1) is 14.4. The number of β-amino-alcohol motifs (C(OH)–C–C–N with tert-alkyl or cyclic N) is 1. The molecule has 0 unspecified atom stereocenters. The summed E-state index contributed by atoms with van der Waals surface area (Å²) in [5.41, 5.74) is 1.12. The number of aliphatic hydroxyl groups is 1. The maximum Gasteiger partial charge on any atom is 0.264 e. The van der Waals surface area contributed by atoms with Gasteiger partial charge in [0.1, 0.15) is 5.75 Å². The second-order valence-electron chi connectivity index (χ2n) is 7.04. The molecule has 0 spiro atoms. The van der Waals surface area contributed by atoms with E-state index in [0.717, 1.165) is 0 Å². The van der Waals surface area contributed by atoms with E-state index in [1.165, 1.54) is 36.7 Å². The van der Waals surface area contributed by atoms with Crippen molar-refractivity contribution in [3.05, 3.63) is 52.8 Å². The molecule has 3 heterocycles. The van der Waals surface area contributed by atoms with E-state index in [-0.39, 0.29) is 24.0 Å². The van der Waals surface area contributed by atoms with Crippen molar-refractivity contribution in [2.24, 2.45) is 0 Å². The Morgan fingerprint density at radius 1 is 1.33 bits per heavy atom. The predicted octanol–water partition coefficient (Wildman–Crippen LogP) is 2.72. The second-order valence-corrected chi connectivity index (χ2v) is 8.10. The van der Waals surface area contributed by atoms with Crippen LogP contribution in [0.25, 0.3) is 10.2 Å². The Kier molecular flexibility index (Phi) is 5.65. The molecule has 1 fully saturated rings. The molecule has 9 heteroatoms. The molecule has 1 aliphatic heterocycles. The van der Waals surface area contributed by atoms with Gasteiger partial charge in [-0.05, 0) is 30.2 Å². The fourth-order valence-corrected chi connectivity index (χ4v) is 4.35. The number of pyridine rings is 1. The maximum absolute atomic E-state index is 14.5. The lowest BCUT2D eigenvalue weighted by Gasteiger charge is -2.13. The standard InChI is InChI=1S/C21H20FN3O4S/c1-23-19(27)9-12-2-3-16(14(22)8-12)29-17-4-6-24-15-10-18(30-20(15)17)21(28)25-7-5-13(26)11-25/h2-4,6,8,10,13,26H,5,7,9,11H2,1H3,(H,23,27)/t13-/m1/s1. The highest BCUT2D eigenvalue weighted by atomic mass is 32.1. The first kappa shape index (κ1) is 20.2. The van der Waals surface area contributed by atoms with Crippen molar-refractivity contribution in [1.82, 2.24) is 15.2 Å². The minimum absolute atomic E-state index is 0.0205. The largest absolute Gasteiger partial charge is 0.453 e. The molecular formula is C21H20FN3O4S. The molecule has 2 N–H and O–H groups in total. The summed E-state index contributed by atoms with van der Waals surface area (Å²) in [5.74, 6) is -0.540. The smallest absolute Gasteiger partial charge is 0.264 e. The fourth-order valence-electron chi connectivity index (χ4n) is 3.31. The molecule has 2 amide bonds. The molecule has 156 valence electrons. The zero-order chi connectivity index (χ0) is 21.3. The number of hydrogen-bond donors (Lipinski definition) is 2. The van der Waals surface area contributed by atoms with Crippen molar-refractivity contribution in [2.75, 3.05) is 20.1 Å². The van der Waals surface area contributed by atoms with Gasteiger partial charge in [0.2, 0.25) is 5.91 Å². The van der Waals surface area contributed by atoms with Crippen molar-refractivity contribution in [1.29, 1.82) is 0 Å². The number of hydrogen-bond acceptors (Lipinski definition) is 6. The lowest BCUT2D eigenvalue weighted by atomic mass is 10.1. The van der Waals surface area contributed by atoms with Crippen LogP contribution in [0.15, 0.2) is 36.5 Å². The molecule has 30 heavy (non-hydrogen) atoms. The van der Waals surface area contributed by atoms with E-state index >= 15 is 0 Å². The number of nitrogens with zero attached hydrogens (tertiary/aromatic N) is 2. The number of carbonyl (C=O) groups is 2. The third kappa shape index (κ3) is 4.12. The van der Waals surface area contributed by atoms with Crippen molar-refractivity contribution < 1.29 is 23.8 Å². The Bertz CT molecular complexity index is 1120. The van der Waals surface area contributed by atoms with Gasteiger partial charge in [-0.2, -0.15) is 0 Å². The van der Waals surface area contributed by atoms with E-state index in [9.17, 15) is 19.1 Å². The number of likely N-dealkylation sites (N-methyl/N-ethyl adjacent to an activating group) is 1. The van der Waals surface area contributed by atoms with Crippen LogP contribution in [0.5, 0.6) is 11.5 Å². The average Bonchev–Trinajstić information content (AvgIpc) is 3.36. The topological polar surface area (TPSA) is 91.8 Å². The minimum atomic E-state index is -0.583. The van der Waals surface area contributed by atoms with Crippen molar-refractivity contribution >= 4 is 33.4 Å². The van der Waals surface area contributed by atoms with Gasteiger partial charge < -0.3 is 20.1 Å². The molecule has 1 aromatic carbocycles. The van der Waals surface area contributed by atoms with Crippen LogP contribution in [0.4, 0.5) is 4.39 Å². The van der Waals surface area contributed by atoms with Gasteiger partial charge in [0, 0.05) is 32.4 Å². The quantitative estimate of drug-likeness (QED) is 0.651. The van der Waals surface area contributed by atoms with E-state index in [0.29, 0.717) is 45.9 Å². The first-order valence-corrected chi connectivity index (χ1v) is 10.3. The number of fused-ring (bicyclic) bond motifs is 1. The summed E-state index contributed by atoms with van der Waals surface area (Å²) in [7, 11) is 1.52. The maximum atomic E-state index is 14.5. The van der Waals surface area contributed by atoms with Gasteiger partial charge in [0.15, 0.2) is 11.6 Å². The van der Waals surface area contributed by atoms with Gasteiger partial charge in [-0.15, -0.1) is 11.3 Å². The molecular weight excluding hydrogens is 409 g/mol. The fraction of sp³-hybridized carbons (Fsp3) is 0.286. The highest BCUT2D eigenvalue weighted by Gasteiger charge is 2.27. The van der Waals surface area contributed by atoms with Crippen LogP contribution in [-0.2, 0) is 11.2 Å². The number of benzene rings is 1. The minimum Gasteiger partial charge on any atom is -0.453 e. The highest BCUT2D eigenvalue weighted by Crippen LogP contribution is 2.36. The van der Waals surface area contributed by atoms with E-state index in [1.54, 1.807) is 23.1 Å². The average molecular weight is 429 g/mol. The molecule has 3 aromatic rings. The van der Waals surface area contributed by atoms with E-state index in [2.05, 4.69) is 10.3 Å². The van der Waals surface area contributed by atoms with Crippen LogP contribution >= 0.6 is 11.3 Å². The summed E-state index contributed by atoms with van der Waals surface area (Å²) in [4.78, 5) is 30.6. The van der Waals surface area contributed by atoms with Crippen molar-refractivity contribution in [2.45, 2.75) is 18.9 Å². The Hall–Kier alpha value is -3.04. The number of carbonyl (C=O) groups excluding carboxylic acids is 2. The summed E-state index contributed by atoms with van der Waals surface area (Å²) >= 11 is 1.22. The van der Waals surface area contributed by atoms with Gasteiger partial charge in [-0.1, -0.05) is 6.07 Å². The molecule has 0 radical (unpaired) electrons. The molecule has 0 aliphatic carbocycles. The highest BCUT2D eigenvalue weighted by molar-refractivity contribution is 7.21. The number of aromatic nitrogens is 1. The second kappa shape index (κ2) is 8.37. The van der Waals surface area contributed by atoms with Gasteiger partial charge in [0.25, 0.3) is 5.91 Å². The summed E-state index contributed by atoms with van der Waals surface area (Å²) in [6, 6.07) is 7.68. The van der Waals surface area contributed by atoms with Crippen LogP contribution in [0.3, 0.4) is 0 Å². The Morgan fingerprint density at radius 3 is 2.87 bits per heavy atom. The molecule has 1 aliphatic rings. The number of aliphatic hydroxyl groups excluding tert-OH is 1. The number of thiophene rings is 1. The van der Waals surface area contributed by atoms with Crippen molar-refractivity contribution in [3.8, 4) is 11.5 Å². The van der Waals surface area contributed by atoms with Crippen LogP contribution in [0.1, 0.15) is 21.7 Å². The molecule has 1 atom stereocenters. The molecule has 1 saturated heterocycles. The monoisotopic (exact) mass is 429 g/mol. The van der Waals surface area contributed by atoms with Crippen LogP contribution in [-0.4, -0.2) is 53.0 Å². The van der Waals surface area contributed by atoms with E-state index in [4.69, 9.17) is 4.74 Å². The normalized spacial score (nSPS) is 16.1. The summed E-state index contributed by atoms with van der Waals surface area (Å²) in [6.07, 6.45) is 1.69. The van der Waals surface area contributed by atoms with Crippen LogP contribution in [0, 0.1) is 5.82 Å². The van der Waals surface area contributed by atoms with Crippen LogP contribution in [0.2, 0.25) is 0 Å². The summed E-state index contributed by atoms with van der Waals surface area (Å²) in [5, 5.41) is 12.2. The third-order valence-corrected chi connectivity index (χ3v) is 6.02.